The largest absolute Gasteiger partial charge is 0.359 e. The van der Waals surface area contributed by atoms with E-state index >= 15 is 0 Å². The zero-order chi connectivity index (χ0) is 13.1. The number of hydrogen-bond acceptors (Lipinski definition) is 4. The second-order valence-electron chi connectivity index (χ2n) is 5.12. The molecule has 1 fully saturated rings. The van der Waals surface area contributed by atoms with Crippen LogP contribution in [-0.4, -0.2) is 48.6 Å². The summed E-state index contributed by atoms with van der Waals surface area (Å²) in [6.45, 7) is 5.49. The van der Waals surface area contributed by atoms with Gasteiger partial charge in [-0.3, -0.25) is 0 Å². The highest BCUT2D eigenvalue weighted by Crippen LogP contribution is 2.25. The minimum atomic E-state index is 0.581. The molecule has 0 bridgehead atoms. The van der Waals surface area contributed by atoms with E-state index < -0.39 is 0 Å². The SMILES string of the molecule is CCc1c(Cl)ncnc1N(C)CC1CCN(C)C1. The van der Waals surface area contributed by atoms with E-state index in [0.29, 0.717) is 5.15 Å². The van der Waals surface area contributed by atoms with Crippen LogP contribution in [0, 0.1) is 5.92 Å². The molecule has 1 atom stereocenters. The van der Waals surface area contributed by atoms with Gasteiger partial charge in [-0.1, -0.05) is 18.5 Å². The summed E-state index contributed by atoms with van der Waals surface area (Å²) in [4.78, 5) is 13.0. The first-order chi connectivity index (χ1) is 8.61. The first-order valence-electron chi connectivity index (χ1n) is 6.50. The zero-order valence-electron chi connectivity index (χ0n) is 11.4. The lowest BCUT2D eigenvalue weighted by Gasteiger charge is -2.24. The predicted molar refractivity (Wildman–Crippen MR) is 75.3 cm³/mol. The Morgan fingerprint density at radius 3 is 2.89 bits per heavy atom. The molecule has 0 radical (unpaired) electrons. The van der Waals surface area contributed by atoms with Crippen LogP contribution in [0.15, 0.2) is 6.33 Å². The van der Waals surface area contributed by atoms with Crippen LogP contribution in [-0.2, 0) is 6.42 Å². The van der Waals surface area contributed by atoms with E-state index in [2.05, 4.69) is 40.8 Å². The van der Waals surface area contributed by atoms with Gasteiger partial charge in [-0.05, 0) is 32.4 Å². The quantitative estimate of drug-likeness (QED) is 0.783. The summed E-state index contributed by atoms with van der Waals surface area (Å²) in [6.07, 6.45) is 3.68. The third kappa shape index (κ3) is 2.93. The molecule has 2 rings (SSSR count). The van der Waals surface area contributed by atoms with E-state index in [4.69, 9.17) is 11.6 Å². The van der Waals surface area contributed by atoms with Crippen molar-refractivity contribution < 1.29 is 0 Å². The Balaban J connectivity index is 2.08. The topological polar surface area (TPSA) is 32.3 Å². The van der Waals surface area contributed by atoms with Gasteiger partial charge in [-0.2, -0.15) is 0 Å². The maximum atomic E-state index is 6.13. The Morgan fingerprint density at radius 2 is 2.28 bits per heavy atom. The Morgan fingerprint density at radius 1 is 1.50 bits per heavy atom. The highest BCUT2D eigenvalue weighted by atomic mass is 35.5. The molecule has 18 heavy (non-hydrogen) atoms. The highest BCUT2D eigenvalue weighted by molar-refractivity contribution is 6.30. The second-order valence-corrected chi connectivity index (χ2v) is 5.48. The zero-order valence-corrected chi connectivity index (χ0v) is 12.1. The smallest absolute Gasteiger partial charge is 0.137 e. The Labute approximate surface area is 114 Å². The summed E-state index contributed by atoms with van der Waals surface area (Å²) < 4.78 is 0. The average Bonchev–Trinajstić information content (AvgIpc) is 2.74. The summed E-state index contributed by atoms with van der Waals surface area (Å²) in [7, 11) is 4.27. The van der Waals surface area contributed by atoms with Crippen molar-refractivity contribution >= 4 is 17.4 Å². The molecule has 1 aliphatic rings. The molecule has 0 aliphatic carbocycles. The summed E-state index contributed by atoms with van der Waals surface area (Å²) in [5.74, 6) is 1.70. The number of likely N-dealkylation sites (tertiary alicyclic amines) is 1. The molecule has 1 aromatic rings. The van der Waals surface area contributed by atoms with E-state index in [9.17, 15) is 0 Å². The van der Waals surface area contributed by atoms with E-state index in [1.807, 2.05) is 0 Å². The third-order valence-electron chi connectivity index (χ3n) is 3.61. The van der Waals surface area contributed by atoms with Crippen molar-refractivity contribution in [2.45, 2.75) is 19.8 Å². The van der Waals surface area contributed by atoms with E-state index in [1.165, 1.54) is 19.5 Å². The molecule has 0 amide bonds. The van der Waals surface area contributed by atoms with Crippen molar-refractivity contribution in [1.29, 1.82) is 0 Å². The minimum absolute atomic E-state index is 0.581. The lowest BCUT2D eigenvalue weighted by Crippen LogP contribution is -2.28. The van der Waals surface area contributed by atoms with Gasteiger partial charge in [0.25, 0.3) is 0 Å². The summed E-state index contributed by atoms with van der Waals surface area (Å²) >= 11 is 6.13. The van der Waals surface area contributed by atoms with E-state index in [0.717, 1.165) is 30.3 Å². The summed E-state index contributed by atoms with van der Waals surface area (Å²) in [5.41, 5.74) is 1.05. The third-order valence-corrected chi connectivity index (χ3v) is 3.93. The molecule has 0 saturated carbocycles. The predicted octanol–water partition coefficient (Wildman–Crippen LogP) is 2.08. The first kappa shape index (κ1) is 13.6. The molecule has 1 aromatic heterocycles. The number of aromatic nitrogens is 2. The van der Waals surface area contributed by atoms with Crippen LogP contribution in [0.25, 0.3) is 0 Å². The number of rotatable bonds is 4. The van der Waals surface area contributed by atoms with Crippen molar-refractivity contribution in [3.8, 4) is 0 Å². The van der Waals surface area contributed by atoms with E-state index in [-0.39, 0.29) is 0 Å². The fraction of sp³-hybridized carbons (Fsp3) is 0.692. The molecule has 1 unspecified atom stereocenters. The van der Waals surface area contributed by atoms with Crippen LogP contribution >= 0.6 is 11.6 Å². The van der Waals surface area contributed by atoms with Gasteiger partial charge in [-0.15, -0.1) is 0 Å². The molecule has 0 N–H and O–H groups in total. The summed E-state index contributed by atoms with van der Waals surface area (Å²) in [5, 5.41) is 0.581. The van der Waals surface area contributed by atoms with Crippen LogP contribution in [0.3, 0.4) is 0 Å². The van der Waals surface area contributed by atoms with Crippen LogP contribution in [0.4, 0.5) is 5.82 Å². The number of halogens is 1. The van der Waals surface area contributed by atoms with Crippen LogP contribution < -0.4 is 4.90 Å². The number of anilines is 1. The molecule has 2 heterocycles. The monoisotopic (exact) mass is 268 g/mol. The Kier molecular flexibility index (Phi) is 4.40. The van der Waals surface area contributed by atoms with Gasteiger partial charge in [0.15, 0.2) is 0 Å². The Bertz CT molecular complexity index is 410. The molecule has 1 aliphatic heterocycles. The van der Waals surface area contributed by atoms with Crippen molar-refractivity contribution in [1.82, 2.24) is 14.9 Å². The number of nitrogens with zero attached hydrogens (tertiary/aromatic N) is 4. The number of hydrogen-bond donors (Lipinski definition) is 0. The Hall–Kier alpha value is -0.870. The van der Waals surface area contributed by atoms with Gasteiger partial charge in [0.05, 0.1) is 0 Å². The molecular weight excluding hydrogens is 248 g/mol. The molecule has 0 aromatic carbocycles. The van der Waals surface area contributed by atoms with Gasteiger partial charge in [0, 0.05) is 25.7 Å². The molecule has 100 valence electrons. The van der Waals surface area contributed by atoms with E-state index in [1.54, 1.807) is 6.33 Å². The highest BCUT2D eigenvalue weighted by Gasteiger charge is 2.22. The molecule has 1 saturated heterocycles. The lowest BCUT2D eigenvalue weighted by atomic mass is 10.1. The minimum Gasteiger partial charge on any atom is -0.359 e. The van der Waals surface area contributed by atoms with Crippen LogP contribution in [0.1, 0.15) is 18.9 Å². The molecule has 5 heteroatoms. The van der Waals surface area contributed by atoms with Crippen molar-refractivity contribution in [2.75, 3.05) is 38.6 Å². The van der Waals surface area contributed by atoms with Gasteiger partial charge >= 0.3 is 0 Å². The normalized spacial score (nSPS) is 20.3. The fourth-order valence-electron chi connectivity index (χ4n) is 2.66. The molecule has 0 spiro atoms. The summed E-state index contributed by atoms with van der Waals surface area (Å²) in [6, 6.07) is 0. The van der Waals surface area contributed by atoms with Crippen molar-refractivity contribution in [3.05, 3.63) is 17.0 Å². The maximum absolute atomic E-state index is 6.13. The maximum Gasteiger partial charge on any atom is 0.137 e. The van der Waals surface area contributed by atoms with Crippen molar-refractivity contribution in [2.24, 2.45) is 5.92 Å². The van der Waals surface area contributed by atoms with Gasteiger partial charge < -0.3 is 9.80 Å². The first-order valence-corrected chi connectivity index (χ1v) is 6.88. The van der Waals surface area contributed by atoms with Gasteiger partial charge in [-0.25, -0.2) is 9.97 Å². The lowest BCUT2D eigenvalue weighted by molar-refractivity contribution is 0.395. The van der Waals surface area contributed by atoms with Crippen molar-refractivity contribution in [3.63, 3.8) is 0 Å². The second kappa shape index (κ2) is 5.85. The van der Waals surface area contributed by atoms with Gasteiger partial charge in [0.2, 0.25) is 0 Å². The van der Waals surface area contributed by atoms with Crippen LogP contribution in [0.5, 0.6) is 0 Å². The van der Waals surface area contributed by atoms with Crippen LogP contribution in [0.2, 0.25) is 5.15 Å². The fourth-order valence-corrected chi connectivity index (χ4v) is 2.93. The average molecular weight is 269 g/mol. The standard InChI is InChI=1S/C13H21ClN4/c1-4-11-12(14)15-9-16-13(11)18(3)8-10-5-6-17(2)7-10/h9-10H,4-8H2,1-3H3. The van der Waals surface area contributed by atoms with Gasteiger partial charge in [0.1, 0.15) is 17.3 Å². The molecular formula is C13H21ClN4. The molecule has 4 nitrogen and oxygen atoms in total.